The minimum Gasteiger partial charge on any atom is -0.462 e. The Kier molecular flexibility index (Phi) is 23.4. The smallest absolute Gasteiger partial charge is 0.339 e. The topological polar surface area (TPSA) is 52.6 Å². The second-order valence-corrected chi connectivity index (χ2v) is 7.35. The average molecular weight is 530 g/mol. The molecule has 6 heteroatoms. The van der Waals surface area contributed by atoms with Gasteiger partial charge in [-0.15, -0.1) is 0 Å². The second-order valence-electron chi connectivity index (χ2n) is 7.35. The van der Waals surface area contributed by atoms with Crippen molar-refractivity contribution in [1.29, 1.82) is 0 Å². The van der Waals surface area contributed by atoms with Gasteiger partial charge in [-0.05, 0) is 25.0 Å². The SMILES string of the molecule is CCCCCCCCOC(=O)c1ccccc1C(=O)OCCCCCCCC.[Ti].[Zr]. The molecule has 0 saturated heterocycles. The van der Waals surface area contributed by atoms with Crippen molar-refractivity contribution < 1.29 is 67.0 Å². The van der Waals surface area contributed by atoms with Gasteiger partial charge in [-0.3, -0.25) is 0 Å². The Balaban J connectivity index is 0. The van der Waals surface area contributed by atoms with E-state index in [9.17, 15) is 9.59 Å². The van der Waals surface area contributed by atoms with Gasteiger partial charge >= 0.3 is 11.9 Å². The Morgan fingerprint density at radius 2 is 0.967 bits per heavy atom. The predicted octanol–water partition coefficient (Wildman–Crippen LogP) is 6.72. The molecule has 30 heavy (non-hydrogen) atoms. The van der Waals surface area contributed by atoms with Gasteiger partial charge in [0.1, 0.15) is 0 Å². The van der Waals surface area contributed by atoms with E-state index in [1.54, 1.807) is 24.3 Å². The number of unbranched alkanes of at least 4 members (excludes halogenated alkanes) is 10. The van der Waals surface area contributed by atoms with E-state index in [2.05, 4.69) is 13.8 Å². The second kappa shape index (κ2) is 22.0. The van der Waals surface area contributed by atoms with Gasteiger partial charge in [0, 0.05) is 47.9 Å². The van der Waals surface area contributed by atoms with Crippen LogP contribution < -0.4 is 0 Å². The van der Waals surface area contributed by atoms with Gasteiger partial charge in [-0.2, -0.15) is 0 Å². The van der Waals surface area contributed by atoms with Crippen molar-refractivity contribution in [2.45, 2.75) is 90.9 Å². The van der Waals surface area contributed by atoms with Crippen molar-refractivity contribution >= 4 is 11.9 Å². The summed E-state index contributed by atoms with van der Waals surface area (Å²) in [6.45, 7) is 5.17. The van der Waals surface area contributed by atoms with E-state index in [1.807, 2.05) is 0 Å². The summed E-state index contributed by atoms with van der Waals surface area (Å²) in [4.78, 5) is 24.7. The molecular formula is C24H38O4TiZr. The van der Waals surface area contributed by atoms with Crippen molar-refractivity contribution in [3.05, 3.63) is 35.4 Å². The van der Waals surface area contributed by atoms with Gasteiger partial charge in [-0.25, -0.2) is 9.59 Å². The number of hydrogen-bond donors (Lipinski definition) is 0. The summed E-state index contributed by atoms with van der Waals surface area (Å²) in [5, 5.41) is 0. The maximum absolute atomic E-state index is 12.4. The molecule has 166 valence electrons. The van der Waals surface area contributed by atoms with Crippen molar-refractivity contribution in [2.75, 3.05) is 13.2 Å². The molecule has 1 rings (SSSR count). The molecule has 1 aromatic carbocycles. The van der Waals surface area contributed by atoms with Crippen molar-refractivity contribution in [1.82, 2.24) is 0 Å². The van der Waals surface area contributed by atoms with E-state index in [0.717, 1.165) is 25.7 Å². The summed E-state index contributed by atoms with van der Waals surface area (Å²) in [6, 6.07) is 6.74. The third-order valence-electron chi connectivity index (χ3n) is 4.83. The van der Waals surface area contributed by atoms with Crippen LogP contribution in [-0.2, 0) is 57.4 Å². The molecule has 0 radical (unpaired) electrons. The number of carbonyl (C=O) groups is 2. The summed E-state index contributed by atoms with van der Waals surface area (Å²) in [7, 11) is 0. The summed E-state index contributed by atoms with van der Waals surface area (Å²) < 4.78 is 10.7. The van der Waals surface area contributed by atoms with E-state index >= 15 is 0 Å². The molecule has 0 fully saturated rings. The van der Waals surface area contributed by atoms with Crippen LogP contribution in [0.1, 0.15) is 112 Å². The van der Waals surface area contributed by atoms with E-state index in [1.165, 1.54) is 51.4 Å². The molecule has 0 amide bonds. The van der Waals surface area contributed by atoms with E-state index in [-0.39, 0.29) is 47.9 Å². The van der Waals surface area contributed by atoms with Gasteiger partial charge in [0.05, 0.1) is 24.3 Å². The molecule has 0 unspecified atom stereocenters. The molecule has 1 aromatic rings. The molecule has 0 atom stereocenters. The van der Waals surface area contributed by atoms with Crippen molar-refractivity contribution in [3.8, 4) is 0 Å². The summed E-state index contributed by atoms with van der Waals surface area (Å²) in [5.41, 5.74) is 0.586. The molecule has 4 nitrogen and oxygen atoms in total. The Bertz CT molecular complexity index is 517. The van der Waals surface area contributed by atoms with E-state index < -0.39 is 11.9 Å². The third-order valence-corrected chi connectivity index (χ3v) is 4.83. The average Bonchev–Trinajstić information content (AvgIpc) is 2.72. The fraction of sp³-hybridized carbons (Fsp3) is 0.667. The summed E-state index contributed by atoms with van der Waals surface area (Å²) in [6.07, 6.45) is 13.6. The van der Waals surface area contributed by atoms with Crippen LogP contribution in [0.2, 0.25) is 0 Å². The molecule has 0 aliphatic heterocycles. The number of hydrogen-bond acceptors (Lipinski definition) is 4. The van der Waals surface area contributed by atoms with Gasteiger partial charge in [0.15, 0.2) is 0 Å². The van der Waals surface area contributed by atoms with Gasteiger partial charge in [-0.1, -0.05) is 90.2 Å². The first-order chi connectivity index (χ1) is 13.7. The van der Waals surface area contributed by atoms with E-state index in [0.29, 0.717) is 24.3 Å². The number of carbonyl (C=O) groups excluding carboxylic acids is 2. The molecule has 0 N–H and O–H groups in total. The van der Waals surface area contributed by atoms with Crippen LogP contribution in [0.15, 0.2) is 24.3 Å². The zero-order valence-corrected chi connectivity index (χ0v) is 22.9. The molecule has 0 heterocycles. The first-order valence-electron chi connectivity index (χ1n) is 11.1. The zero-order chi connectivity index (χ0) is 20.5. The third kappa shape index (κ3) is 14.7. The quantitative estimate of drug-likeness (QED) is 0.136. The Labute approximate surface area is 217 Å². The van der Waals surface area contributed by atoms with Crippen LogP contribution in [0.4, 0.5) is 0 Å². The largest absolute Gasteiger partial charge is 0.462 e. The van der Waals surface area contributed by atoms with Crippen LogP contribution in [-0.4, -0.2) is 25.2 Å². The fourth-order valence-corrected chi connectivity index (χ4v) is 3.09. The molecule has 0 aromatic heterocycles. The minimum atomic E-state index is -0.444. The first kappa shape index (κ1) is 31.9. The predicted molar refractivity (Wildman–Crippen MR) is 114 cm³/mol. The Morgan fingerprint density at radius 3 is 1.33 bits per heavy atom. The molecule has 0 aliphatic rings. The van der Waals surface area contributed by atoms with Crippen LogP contribution in [0.25, 0.3) is 0 Å². The number of esters is 2. The van der Waals surface area contributed by atoms with Gasteiger partial charge in [0.25, 0.3) is 0 Å². The van der Waals surface area contributed by atoms with Gasteiger partial charge < -0.3 is 9.47 Å². The maximum atomic E-state index is 12.4. The molecule has 0 aliphatic carbocycles. The fourth-order valence-electron chi connectivity index (χ4n) is 3.09. The number of benzene rings is 1. The zero-order valence-electron chi connectivity index (χ0n) is 18.8. The molecule has 0 spiro atoms. The Hall–Kier alpha value is -0.243. The number of rotatable bonds is 16. The monoisotopic (exact) mass is 528 g/mol. The Morgan fingerprint density at radius 1 is 0.633 bits per heavy atom. The standard InChI is InChI=1S/C24H38O4.Ti.Zr/c1-3-5-7-9-11-15-19-27-23(25)21-17-13-14-18-22(21)24(26)28-20-16-12-10-8-6-4-2;;/h13-14,17-18H,3-12,15-16,19-20H2,1-2H3;;. The molecule has 0 bridgehead atoms. The van der Waals surface area contributed by atoms with E-state index in [4.69, 9.17) is 9.47 Å². The van der Waals surface area contributed by atoms with Crippen LogP contribution in [0.5, 0.6) is 0 Å². The van der Waals surface area contributed by atoms with Crippen LogP contribution in [0, 0.1) is 0 Å². The first-order valence-corrected chi connectivity index (χ1v) is 11.1. The van der Waals surface area contributed by atoms with Crippen LogP contribution in [0.3, 0.4) is 0 Å². The summed E-state index contributed by atoms with van der Waals surface area (Å²) >= 11 is 0. The molecular weight excluding hydrogens is 491 g/mol. The summed E-state index contributed by atoms with van der Waals surface area (Å²) in [5.74, 6) is -0.888. The number of ether oxygens (including phenoxy) is 2. The minimum absolute atomic E-state index is 0. The van der Waals surface area contributed by atoms with Crippen molar-refractivity contribution in [2.24, 2.45) is 0 Å². The molecule has 0 saturated carbocycles. The van der Waals surface area contributed by atoms with Crippen molar-refractivity contribution in [3.63, 3.8) is 0 Å². The maximum Gasteiger partial charge on any atom is 0.339 e. The van der Waals surface area contributed by atoms with Crippen LogP contribution >= 0.6 is 0 Å². The normalized spacial score (nSPS) is 9.93. The van der Waals surface area contributed by atoms with Gasteiger partial charge in [0.2, 0.25) is 0 Å².